The number of hydrogen-bond acceptors (Lipinski definition) is 5. The van der Waals surface area contributed by atoms with Crippen LogP contribution in [0.1, 0.15) is 19.2 Å². The molecular weight excluding hydrogens is 230 g/mol. The molecule has 1 fully saturated rings. The monoisotopic (exact) mass is 247 g/mol. The fourth-order valence-corrected chi connectivity index (χ4v) is 2.31. The lowest BCUT2D eigenvalue weighted by atomic mass is 9.96. The lowest BCUT2D eigenvalue weighted by molar-refractivity contribution is 0.102. The summed E-state index contributed by atoms with van der Waals surface area (Å²) >= 11 is 0. The van der Waals surface area contributed by atoms with Gasteiger partial charge in [-0.1, -0.05) is 6.92 Å². The van der Waals surface area contributed by atoms with E-state index in [9.17, 15) is 5.11 Å². The summed E-state index contributed by atoms with van der Waals surface area (Å²) in [5.74, 6) is 2.01. The average molecular weight is 247 g/mol. The summed E-state index contributed by atoms with van der Waals surface area (Å²) in [6, 6.07) is 3.85. The predicted octanol–water partition coefficient (Wildman–Crippen LogP) is 0.640. The van der Waals surface area contributed by atoms with E-state index >= 15 is 0 Å². The Morgan fingerprint density at radius 2 is 2.17 bits per heavy atom. The molecule has 18 heavy (non-hydrogen) atoms. The molecule has 3 heterocycles. The number of aryl methyl sites for hydroxylation is 1. The molecule has 6 heteroatoms. The summed E-state index contributed by atoms with van der Waals surface area (Å²) in [7, 11) is 0. The Hall–Kier alpha value is -1.69. The molecule has 6 nitrogen and oxygen atoms in total. The lowest BCUT2D eigenvalue weighted by Crippen LogP contribution is -2.43. The van der Waals surface area contributed by atoms with Crippen LogP contribution in [0.3, 0.4) is 0 Å². The Kier molecular flexibility index (Phi) is 2.66. The van der Waals surface area contributed by atoms with Crippen molar-refractivity contribution in [1.29, 1.82) is 0 Å². The third-order valence-electron chi connectivity index (χ3n) is 3.65. The highest BCUT2D eigenvalue weighted by atomic mass is 16.3. The van der Waals surface area contributed by atoms with E-state index in [0.717, 1.165) is 30.3 Å². The summed E-state index contributed by atoms with van der Waals surface area (Å²) < 4.78 is 1.74. The van der Waals surface area contributed by atoms with Gasteiger partial charge in [0.1, 0.15) is 5.82 Å². The van der Waals surface area contributed by atoms with Crippen LogP contribution in [0, 0.1) is 12.8 Å². The second kappa shape index (κ2) is 4.20. The van der Waals surface area contributed by atoms with Gasteiger partial charge < -0.3 is 10.0 Å². The molecule has 0 aliphatic carbocycles. The van der Waals surface area contributed by atoms with Gasteiger partial charge in [-0.05, 0) is 31.4 Å². The first-order valence-electron chi connectivity index (χ1n) is 6.27. The van der Waals surface area contributed by atoms with Crippen LogP contribution in [0.2, 0.25) is 0 Å². The molecule has 1 saturated heterocycles. The molecule has 0 bridgehead atoms. The Morgan fingerprint density at radius 1 is 1.33 bits per heavy atom. The predicted molar refractivity (Wildman–Crippen MR) is 67.5 cm³/mol. The smallest absolute Gasteiger partial charge is 0.178 e. The van der Waals surface area contributed by atoms with E-state index < -0.39 is 0 Å². The van der Waals surface area contributed by atoms with Crippen LogP contribution in [-0.4, -0.2) is 44.1 Å². The van der Waals surface area contributed by atoms with Gasteiger partial charge in [0.2, 0.25) is 0 Å². The highest BCUT2D eigenvalue weighted by Crippen LogP contribution is 2.21. The number of aliphatic hydroxyl groups excluding tert-OH is 1. The molecule has 0 aromatic carbocycles. The van der Waals surface area contributed by atoms with Crippen molar-refractivity contribution in [3.8, 4) is 0 Å². The van der Waals surface area contributed by atoms with E-state index in [4.69, 9.17) is 0 Å². The van der Waals surface area contributed by atoms with Crippen molar-refractivity contribution in [1.82, 2.24) is 19.8 Å². The first kappa shape index (κ1) is 11.4. The van der Waals surface area contributed by atoms with Gasteiger partial charge >= 0.3 is 0 Å². The largest absolute Gasteiger partial charge is 0.391 e. The van der Waals surface area contributed by atoms with Gasteiger partial charge in [-0.3, -0.25) is 0 Å². The van der Waals surface area contributed by atoms with Crippen LogP contribution in [0.15, 0.2) is 12.1 Å². The zero-order valence-electron chi connectivity index (χ0n) is 10.6. The van der Waals surface area contributed by atoms with Crippen LogP contribution in [0.4, 0.5) is 5.82 Å². The normalized spacial score (nSPS) is 24.7. The van der Waals surface area contributed by atoms with E-state index in [1.54, 1.807) is 4.52 Å². The number of hydrogen-bond donors (Lipinski definition) is 1. The van der Waals surface area contributed by atoms with Crippen molar-refractivity contribution in [2.24, 2.45) is 5.92 Å². The number of fused-ring (bicyclic) bond motifs is 1. The van der Waals surface area contributed by atoms with E-state index in [2.05, 4.69) is 27.1 Å². The van der Waals surface area contributed by atoms with Crippen LogP contribution < -0.4 is 4.90 Å². The second-order valence-electron chi connectivity index (χ2n) is 4.99. The summed E-state index contributed by atoms with van der Waals surface area (Å²) in [6.45, 7) is 5.53. The minimum absolute atomic E-state index is 0.279. The number of nitrogens with zero attached hydrogens (tertiary/aromatic N) is 5. The van der Waals surface area contributed by atoms with Crippen LogP contribution in [0.5, 0.6) is 0 Å². The van der Waals surface area contributed by atoms with E-state index in [-0.39, 0.29) is 6.10 Å². The van der Waals surface area contributed by atoms with Crippen LogP contribution >= 0.6 is 0 Å². The highest BCUT2D eigenvalue weighted by Gasteiger charge is 2.25. The fourth-order valence-electron chi connectivity index (χ4n) is 2.31. The summed E-state index contributed by atoms with van der Waals surface area (Å²) in [6.07, 6.45) is 0.709. The highest BCUT2D eigenvalue weighted by molar-refractivity contribution is 5.46. The number of anilines is 1. The van der Waals surface area contributed by atoms with Crippen LogP contribution in [0.25, 0.3) is 5.65 Å². The van der Waals surface area contributed by atoms with Crippen molar-refractivity contribution in [3.05, 3.63) is 18.0 Å². The standard InChI is InChI=1S/C12H17N5O/c1-8-5-6-16(7-10(8)18)12-4-3-11-14-13-9(2)17(11)15-12/h3-4,8,10,18H,5-7H2,1-2H3. The molecule has 2 atom stereocenters. The van der Waals surface area contributed by atoms with E-state index in [1.807, 2.05) is 19.1 Å². The second-order valence-corrected chi connectivity index (χ2v) is 4.99. The van der Waals surface area contributed by atoms with Crippen molar-refractivity contribution in [2.45, 2.75) is 26.4 Å². The molecule has 1 N–H and O–H groups in total. The van der Waals surface area contributed by atoms with Crippen LogP contribution in [-0.2, 0) is 0 Å². The molecule has 2 unspecified atom stereocenters. The van der Waals surface area contributed by atoms with Gasteiger partial charge in [0, 0.05) is 13.1 Å². The molecule has 0 amide bonds. The van der Waals surface area contributed by atoms with Gasteiger partial charge in [-0.25, -0.2) is 0 Å². The van der Waals surface area contributed by atoms with Gasteiger partial charge in [0.05, 0.1) is 6.10 Å². The van der Waals surface area contributed by atoms with E-state index in [0.29, 0.717) is 12.5 Å². The number of β-amino-alcohol motifs (C(OH)–C–C–N with tert-alkyl or cyclic N) is 1. The molecule has 1 aliphatic heterocycles. The molecule has 2 aromatic rings. The molecule has 0 saturated carbocycles. The van der Waals surface area contributed by atoms with Gasteiger partial charge in [0.15, 0.2) is 11.5 Å². The summed E-state index contributed by atoms with van der Waals surface area (Å²) in [4.78, 5) is 2.11. The lowest BCUT2D eigenvalue weighted by Gasteiger charge is -2.34. The Morgan fingerprint density at radius 3 is 2.94 bits per heavy atom. The Labute approximate surface area is 105 Å². The number of rotatable bonds is 1. The van der Waals surface area contributed by atoms with Crippen molar-refractivity contribution in [3.63, 3.8) is 0 Å². The zero-order valence-corrected chi connectivity index (χ0v) is 10.6. The maximum Gasteiger partial charge on any atom is 0.178 e. The van der Waals surface area contributed by atoms with Crippen molar-refractivity contribution < 1.29 is 5.11 Å². The molecular formula is C12H17N5O. The molecule has 1 aliphatic rings. The fraction of sp³-hybridized carbons (Fsp3) is 0.583. The van der Waals surface area contributed by atoms with E-state index in [1.165, 1.54) is 0 Å². The van der Waals surface area contributed by atoms with Gasteiger partial charge in [0.25, 0.3) is 0 Å². The minimum atomic E-state index is -0.279. The molecule has 0 radical (unpaired) electrons. The Bertz CT molecular complexity index is 567. The third kappa shape index (κ3) is 1.82. The van der Waals surface area contributed by atoms with Crippen molar-refractivity contribution >= 4 is 11.5 Å². The van der Waals surface area contributed by atoms with Gasteiger partial charge in [-0.2, -0.15) is 4.52 Å². The summed E-state index contributed by atoms with van der Waals surface area (Å²) in [5.41, 5.74) is 0.752. The first-order chi connectivity index (χ1) is 8.65. The maximum atomic E-state index is 9.94. The number of piperidine rings is 1. The van der Waals surface area contributed by atoms with Gasteiger partial charge in [-0.15, -0.1) is 15.3 Å². The van der Waals surface area contributed by atoms with Crippen molar-refractivity contribution in [2.75, 3.05) is 18.0 Å². The first-order valence-corrected chi connectivity index (χ1v) is 6.27. The molecule has 0 spiro atoms. The molecule has 3 rings (SSSR count). The average Bonchev–Trinajstić information content (AvgIpc) is 2.74. The molecule has 2 aromatic heterocycles. The molecule has 96 valence electrons. The quantitative estimate of drug-likeness (QED) is 0.801. The zero-order chi connectivity index (χ0) is 12.7. The minimum Gasteiger partial charge on any atom is -0.391 e. The SMILES string of the molecule is Cc1nnc2ccc(N3CCC(C)C(O)C3)nn12. The number of aliphatic hydroxyl groups is 1. The third-order valence-corrected chi connectivity index (χ3v) is 3.65. The number of aromatic nitrogens is 4. The maximum absolute atomic E-state index is 9.94. The topological polar surface area (TPSA) is 66.5 Å². The summed E-state index contributed by atoms with van der Waals surface area (Å²) in [5, 5.41) is 22.5. The Balaban J connectivity index is 1.92.